The number of anilines is 3. The Morgan fingerprint density at radius 1 is 1.20 bits per heavy atom. The second-order valence-corrected chi connectivity index (χ2v) is 13.8. The maximum absolute atomic E-state index is 15.0. The number of carbonyl (C=O) groups excluding carboxylic acids is 1. The number of benzene rings is 2. The zero-order valence-corrected chi connectivity index (χ0v) is 27.2. The third-order valence-electron chi connectivity index (χ3n) is 9.59. The van der Waals surface area contributed by atoms with Crippen molar-refractivity contribution in [3.05, 3.63) is 39.7 Å². The number of hydrogen-bond acceptors (Lipinski definition) is 10. The minimum Gasteiger partial charge on any atom is -0.389 e. The Hall–Kier alpha value is -3.76. The molecule has 2 fully saturated rings. The molecule has 45 heavy (non-hydrogen) atoms. The van der Waals surface area contributed by atoms with Crippen molar-refractivity contribution in [2.24, 2.45) is 0 Å². The average molecular weight is 649 g/mol. The van der Waals surface area contributed by atoms with Gasteiger partial charge in [-0.15, -0.1) is 11.3 Å². The molecule has 234 valence electrons. The number of amides is 1. The molecule has 2 aromatic carbocycles. The largest absolute Gasteiger partial charge is 0.389 e. The van der Waals surface area contributed by atoms with Crippen LogP contribution in [0.25, 0.3) is 32.1 Å². The van der Waals surface area contributed by atoms with Crippen LogP contribution in [0.3, 0.4) is 0 Å². The van der Waals surface area contributed by atoms with Crippen molar-refractivity contribution in [1.82, 2.24) is 19.8 Å². The van der Waals surface area contributed by atoms with Gasteiger partial charge < -0.3 is 30.5 Å². The molecule has 10 nitrogen and oxygen atoms in total. The Morgan fingerprint density at radius 3 is 2.71 bits per heavy atom. The monoisotopic (exact) mass is 648 g/mol. The summed E-state index contributed by atoms with van der Waals surface area (Å²) in [4.78, 5) is 29.6. The van der Waals surface area contributed by atoms with E-state index in [0.29, 0.717) is 67.9 Å². The summed E-state index contributed by atoms with van der Waals surface area (Å²) in [7, 11) is 5.97. The maximum Gasteiger partial charge on any atom is 0.244 e. The Bertz CT molecular complexity index is 1920. The molecule has 3 aliphatic rings. The third kappa shape index (κ3) is 4.67. The van der Waals surface area contributed by atoms with E-state index in [4.69, 9.17) is 32.0 Å². The quantitative estimate of drug-likeness (QED) is 0.295. The van der Waals surface area contributed by atoms with Crippen molar-refractivity contribution in [3.63, 3.8) is 0 Å². The minimum absolute atomic E-state index is 0.0140. The Labute approximate surface area is 269 Å². The summed E-state index contributed by atoms with van der Waals surface area (Å²) >= 11 is 8.43. The number of aromatic nitrogens is 2. The number of nitriles is 1. The van der Waals surface area contributed by atoms with Gasteiger partial charge in [0.05, 0.1) is 39.4 Å². The Balaban J connectivity index is 1.50. The molecule has 7 rings (SSSR count). The lowest BCUT2D eigenvalue weighted by Crippen LogP contribution is -2.45. The van der Waals surface area contributed by atoms with Crippen molar-refractivity contribution in [1.29, 1.82) is 5.26 Å². The van der Waals surface area contributed by atoms with Gasteiger partial charge in [-0.05, 0) is 63.0 Å². The number of fused-ring (bicyclic) bond motifs is 4. The number of carbonyl (C=O) groups is 1. The molecule has 4 aromatic rings. The summed E-state index contributed by atoms with van der Waals surface area (Å²) in [6.45, 7) is 4.20. The van der Waals surface area contributed by atoms with Gasteiger partial charge in [0.25, 0.3) is 0 Å². The summed E-state index contributed by atoms with van der Waals surface area (Å²) in [6, 6.07) is 5.21. The highest BCUT2D eigenvalue weighted by atomic mass is 35.5. The van der Waals surface area contributed by atoms with Gasteiger partial charge in [-0.3, -0.25) is 4.79 Å². The van der Waals surface area contributed by atoms with Crippen LogP contribution in [0, 0.1) is 17.1 Å². The van der Waals surface area contributed by atoms with Gasteiger partial charge in [-0.25, -0.2) is 9.37 Å². The molecular formula is C32H34ClFN8O2S. The number of nitrogen functional groups attached to an aromatic ring is 1. The minimum atomic E-state index is -0.451. The Morgan fingerprint density at radius 2 is 1.98 bits per heavy atom. The van der Waals surface area contributed by atoms with Crippen molar-refractivity contribution >= 4 is 66.6 Å². The van der Waals surface area contributed by atoms with E-state index in [1.165, 1.54) is 6.07 Å². The molecule has 0 saturated carbocycles. The number of nitrogens with one attached hydrogen (secondary N) is 1. The highest BCUT2D eigenvalue weighted by Crippen LogP contribution is 2.49. The number of nitrogens with two attached hydrogens (primary N) is 1. The fourth-order valence-corrected chi connectivity index (χ4v) is 8.57. The molecule has 5 heterocycles. The van der Waals surface area contributed by atoms with Crippen LogP contribution < -0.4 is 16.0 Å². The number of hydrogen-bond donors (Lipinski definition) is 2. The van der Waals surface area contributed by atoms with E-state index in [9.17, 15) is 10.1 Å². The number of ether oxygens (including phenoxy) is 1. The molecule has 0 bridgehead atoms. The van der Waals surface area contributed by atoms with Crippen LogP contribution in [0.15, 0.2) is 12.1 Å². The highest BCUT2D eigenvalue weighted by molar-refractivity contribution is 7.23. The van der Waals surface area contributed by atoms with E-state index in [2.05, 4.69) is 42.2 Å². The Kier molecular flexibility index (Phi) is 7.48. The molecule has 3 N–H and O–H groups in total. The lowest BCUT2D eigenvalue weighted by Gasteiger charge is -2.31. The zero-order chi connectivity index (χ0) is 31.7. The van der Waals surface area contributed by atoms with Crippen molar-refractivity contribution in [2.75, 3.05) is 50.2 Å². The summed E-state index contributed by atoms with van der Waals surface area (Å²) in [5, 5.41) is 15.2. The average Bonchev–Trinajstić information content (AvgIpc) is 3.73. The highest BCUT2D eigenvalue weighted by Gasteiger charge is 2.36. The van der Waals surface area contributed by atoms with Gasteiger partial charge in [-0.2, -0.15) is 10.2 Å². The summed E-state index contributed by atoms with van der Waals surface area (Å²) in [5.41, 5.74) is 9.84. The number of thiophene rings is 1. The van der Waals surface area contributed by atoms with Gasteiger partial charge in [-0.1, -0.05) is 17.7 Å². The second kappa shape index (κ2) is 11.2. The van der Waals surface area contributed by atoms with E-state index in [0.717, 1.165) is 41.9 Å². The van der Waals surface area contributed by atoms with Crippen LogP contribution in [-0.2, 0) is 22.7 Å². The normalized spacial score (nSPS) is 21.7. The first kappa shape index (κ1) is 29.9. The number of halogens is 2. The van der Waals surface area contributed by atoms with Crippen LogP contribution in [0.1, 0.15) is 42.9 Å². The van der Waals surface area contributed by atoms with Gasteiger partial charge in [0.15, 0.2) is 0 Å². The first-order valence-corrected chi connectivity index (χ1v) is 16.3. The first-order chi connectivity index (χ1) is 21.6. The summed E-state index contributed by atoms with van der Waals surface area (Å²) < 4.78 is 21.4. The molecule has 2 aromatic heterocycles. The second-order valence-electron chi connectivity index (χ2n) is 12.3. The van der Waals surface area contributed by atoms with E-state index in [1.807, 2.05) is 7.05 Å². The molecule has 2 saturated heterocycles. The lowest BCUT2D eigenvalue weighted by atomic mass is 9.91. The zero-order valence-electron chi connectivity index (χ0n) is 25.6. The molecule has 0 spiro atoms. The van der Waals surface area contributed by atoms with Crippen LogP contribution >= 0.6 is 22.9 Å². The van der Waals surface area contributed by atoms with Crippen molar-refractivity contribution < 1.29 is 13.9 Å². The third-order valence-corrected chi connectivity index (χ3v) is 11.0. The molecule has 0 aliphatic carbocycles. The van der Waals surface area contributed by atoms with Crippen LogP contribution in [-0.4, -0.2) is 78.0 Å². The summed E-state index contributed by atoms with van der Waals surface area (Å²) in [5.74, 6) is 0.627. The molecule has 3 aliphatic heterocycles. The number of rotatable bonds is 5. The molecule has 0 radical (unpaired) electrons. The smallest absolute Gasteiger partial charge is 0.244 e. The predicted octanol–water partition coefficient (Wildman–Crippen LogP) is 5.35. The van der Waals surface area contributed by atoms with Crippen LogP contribution in [0.5, 0.6) is 0 Å². The van der Waals surface area contributed by atoms with Crippen molar-refractivity contribution in [2.45, 2.75) is 57.5 Å². The maximum atomic E-state index is 15.0. The molecule has 13 heteroatoms. The van der Waals surface area contributed by atoms with Crippen LogP contribution in [0.2, 0.25) is 5.02 Å². The predicted molar refractivity (Wildman–Crippen MR) is 176 cm³/mol. The van der Waals surface area contributed by atoms with Gasteiger partial charge >= 0.3 is 0 Å². The number of likely N-dealkylation sites (tertiary alicyclic amines) is 1. The number of likely N-dealkylation sites (N-methyl/N-ethyl adjacent to an activating group) is 2. The van der Waals surface area contributed by atoms with Gasteiger partial charge in [0.2, 0.25) is 11.9 Å². The van der Waals surface area contributed by atoms with E-state index < -0.39 is 11.9 Å². The summed E-state index contributed by atoms with van der Waals surface area (Å²) in [6.07, 6.45) is 2.51. The number of piperidine rings is 1. The van der Waals surface area contributed by atoms with Gasteiger partial charge in [0.1, 0.15) is 28.7 Å². The topological polar surface area (TPSA) is 124 Å². The SMILES string of the molecule is C[C@H]1[C@@H](N(C)C)CCN1c1nc(N[C@@H]2CCCN(C)C2=O)c2c3c(c(-c4ccc(F)c5sc(N)c(C#N)c45)c(Cl)c2n1)COC3. The van der Waals surface area contributed by atoms with Gasteiger partial charge in [0, 0.05) is 43.2 Å². The lowest BCUT2D eigenvalue weighted by molar-refractivity contribution is -0.132. The fraction of sp³-hybridized carbons (Fsp3) is 0.438. The fourth-order valence-electron chi connectivity index (χ4n) is 7.27. The van der Waals surface area contributed by atoms with E-state index in [-0.39, 0.29) is 35.7 Å². The molecule has 1 amide bonds. The van der Waals surface area contributed by atoms with E-state index in [1.54, 1.807) is 11.0 Å². The number of nitrogens with zero attached hydrogens (tertiary/aromatic N) is 6. The molecular weight excluding hydrogens is 615 g/mol. The van der Waals surface area contributed by atoms with E-state index >= 15 is 4.39 Å². The van der Waals surface area contributed by atoms with Crippen molar-refractivity contribution in [3.8, 4) is 17.2 Å². The standard InChI is InChI=1S/C32H34ClFN8O2S/c1-15-22(40(2)3)9-11-42(15)32-38-27-25(30(39-32)37-21-6-5-10-41(4)31(21)43)19-14-44-13-18(19)23(26(27)33)16-7-8-20(34)28-24(16)17(12-35)29(36)45-28/h7-8,15,21-22H,5-6,9-11,13-14,36H2,1-4H3,(H,37,38,39)/t15-,21+,22-/m0/s1. The first-order valence-electron chi connectivity index (χ1n) is 15.1. The molecule has 0 unspecified atom stereocenters. The van der Waals surface area contributed by atoms with Crippen LogP contribution in [0.4, 0.5) is 21.2 Å². The molecule has 3 atom stereocenters.